The molecule has 0 bridgehead atoms. The molecule has 0 spiro atoms. The molecule has 0 fully saturated rings. The monoisotopic (exact) mass is 868 g/mol. The summed E-state index contributed by atoms with van der Waals surface area (Å²) in [4.78, 5) is 0. The van der Waals surface area contributed by atoms with E-state index in [1.807, 2.05) is 41.5 Å². The van der Waals surface area contributed by atoms with E-state index < -0.39 is 0 Å². The summed E-state index contributed by atoms with van der Waals surface area (Å²) in [5, 5.41) is 0. The second-order valence-corrected chi connectivity index (χ2v) is 7.78. The number of hydrogen-bond donors (Lipinski definition) is 0. The molecule has 2 aliphatic rings. The Morgan fingerprint density at radius 2 is 0.436 bits per heavy atom. The molecule has 6 rings (SSSR count). The quantitative estimate of drug-likeness (QED) is 0.134. The molecule has 214 valence electrons. The average molecular weight is 867 g/mol. The van der Waals surface area contributed by atoms with E-state index in [4.69, 9.17) is 0 Å². The van der Waals surface area contributed by atoms with Gasteiger partial charge in [-0.2, -0.15) is 6.92 Å². The average Bonchev–Trinajstić information content (AvgIpc) is 2.99. The zero-order valence-corrected chi connectivity index (χ0v) is 31.0. The van der Waals surface area contributed by atoms with Gasteiger partial charge in [0.05, 0.1) is 0 Å². The Morgan fingerprint density at radius 1 is 0.333 bits per heavy atom. The fraction of sp³-hybridized carbons (Fsp3) is 0.297. The van der Waals surface area contributed by atoms with Gasteiger partial charge in [-0.3, -0.25) is 0 Å². The van der Waals surface area contributed by atoms with Crippen molar-refractivity contribution in [1.82, 2.24) is 0 Å². The van der Waals surface area contributed by atoms with E-state index >= 15 is 0 Å². The van der Waals surface area contributed by atoms with Crippen molar-refractivity contribution in [3.63, 3.8) is 0 Å². The summed E-state index contributed by atoms with van der Waals surface area (Å²) >= 11 is 0. The molecule has 0 N–H and O–H groups in total. The Balaban J connectivity index is -0.000000500. The van der Waals surface area contributed by atoms with Gasteiger partial charge >= 0.3 is 0 Å². The molecule has 0 unspecified atom stereocenters. The van der Waals surface area contributed by atoms with Crippen LogP contribution in [0.4, 0.5) is 0 Å². The van der Waals surface area contributed by atoms with Crippen molar-refractivity contribution in [3.05, 3.63) is 156 Å². The van der Waals surface area contributed by atoms with Crippen molar-refractivity contribution in [2.24, 2.45) is 0 Å². The Hall–Kier alpha value is -1.80. The standard InChI is InChI=1S/2C14H12.3C2H6.C2H5.CH3.2Re/c2*1-2-6-12-10-14-8-4-3-7-13(14)9-11(12)5-1;4*1-2;;;/h2*1-8H,9-10H2;3*1-2H3;1H2,2H3;1H3;;/q;;;;;2*-1;;. The minimum Gasteiger partial charge on any atom is -0.358 e. The summed E-state index contributed by atoms with van der Waals surface area (Å²) in [7, 11) is 0. The molecule has 0 heterocycles. The van der Waals surface area contributed by atoms with Gasteiger partial charge < -0.3 is 14.4 Å². The van der Waals surface area contributed by atoms with E-state index in [1.165, 1.54) is 44.5 Å². The molecule has 0 nitrogen and oxygen atoms in total. The van der Waals surface area contributed by atoms with Gasteiger partial charge in [-0.25, -0.2) is 0 Å². The minimum absolute atomic E-state index is 0. The molecule has 0 aromatic heterocycles. The van der Waals surface area contributed by atoms with E-state index in [1.54, 1.807) is 6.92 Å². The Labute approximate surface area is 269 Å². The molecule has 2 aliphatic carbocycles. The number of fused-ring (bicyclic) bond motifs is 4. The van der Waals surface area contributed by atoms with Gasteiger partial charge in [0.15, 0.2) is 0 Å². The van der Waals surface area contributed by atoms with Crippen LogP contribution < -0.4 is 0 Å². The molecule has 0 saturated heterocycles. The van der Waals surface area contributed by atoms with E-state index in [2.05, 4.69) is 104 Å². The SMILES string of the molecule is CC.CC.CC.[CH2-]C.[CH3-].[Re].[Re].c1ccc2c(c1)Cc1ccccc1C2.c1ccc2c(c1)Cc1ccccc1C2. The molecule has 0 amide bonds. The van der Waals surface area contributed by atoms with Crippen LogP contribution in [0.2, 0.25) is 0 Å². The molecule has 4 aromatic rings. The van der Waals surface area contributed by atoms with Gasteiger partial charge in [-0.05, 0) is 70.2 Å². The van der Waals surface area contributed by atoms with Gasteiger partial charge in [0, 0.05) is 40.8 Å². The normalized spacial score (nSPS) is 10.1. The first kappa shape index (κ1) is 41.7. The summed E-state index contributed by atoms with van der Waals surface area (Å²) in [6.45, 7) is 17.0. The summed E-state index contributed by atoms with van der Waals surface area (Å²) in [5.74, 6) is 0. The van der Waals surface area contributed by atoms with Crippen LogP contribution in [0.15, 0.2) is 97.1 Å². The van der Waals surface area contributed by atoms with Crippen molar-refractivity contribution >= 4 is 0 Å². The summed E-state index contributed by atoms with van der Waals surface area (Å²) in [6.07, 6.45) is 4.41. The fourth-order valence-electron chi connectivity index (χ4n) is 4.43. The van der Waals surface area contributed by atoms with Crippen molar-refractivity contribution in [2.75, 3.05) is 0 Å². The van der Waals surface area contributed by atoms with Gasteiger partial charge in [0.2, 0.25) is 0 Å². The summed E-state index contributed by atoms with van der Waals surface area (Å²) < 4.78 is 0. The zero-order valence-electron chi connectivity index (χ0n) is 25.5. The van der Waals surface area contributed by atoms with E-state index in [0.717, 1.165) is 25.7 Å². The Bertz CT molecular complexity index is 865. The van der Waals surface area contributed by atoms with Crippen LogP contribution in [-0.2, 0) is 66.5 Å². The topological polar surface area (TPSA) is 0 Å². The molecule has 2 heteroatoms. The molecule has 0 aliphatic heterocycles. The number of rotatable bonds is 0. The Kier molecular flexibility index (Phi) is 26.9. The Morgan fingerprint density at radius 3 is 0.538 bits per heavy atom. The molecular formula is C37H50Re2-2. The van der Waals surface area contributed by atoms with Gasteiger partial charge in [0.1, 0.15) is 0 Å². The smallest absolute Gasteiger partial charge is 0 e. The van der Waals surface area contributed by atoms with E-state index in [0.29, 0.717) is 0 Å². The third-order valence-corrected chi connectivity index (χ3v) is 6.00. The van der Waals surface area contributed by atoms with Crippen molar-refractivity contribution in [2.45, 2.75) is 74.1 Å². The second-order valence-electron chi connectivity index (χ2n) is 7.78. The first-order valence-electron chi connectivity index (χ1n) is 13.8. The molecule has 39 heavy (non-hydrogen) atoms. The second kappa shape index (κ2) is 25.2. The number of benzene rings is 4. The van der Waals surface area contributed by atoms with Crippen LogP contribution in [0.3, 0.4) is 0 Å². The van der Waals surface area contributed by atoms with Crippen LogP contribution in [-0.4, -0.2) is 0 Å². The van der Waals surface area contributed by atoms with Crippen molar-refractivity contribution < 1.29 is 40.8 Å². The van der Waals surface area contributed by atoms with Crippen LogP contribution in [0, 0.1) is 14.4 Å². The zero-order chi connectivity index (χ0) is 26.8. The fourth-order valence-corrected chi connectivity index (χ4v) is 4.43. The molecule has 4 aromatic carbocycles. The maximum Gasteiger partial charge on any atom is 0 e. The molecule has 2 radical (unpaired) electrons. The van der Waals surface area contributed by atoms with Crippen LogP contribution >= 0.6 is 0 Å². The van der Waals surface area contributed by atoms with Gasteiger partial charge in [-0.15, -0.1) is 0 Å². The van der Waals surface area contributed by atoms with E-state index in [-0.39, 0.29) is 48.3 Å². The number of hydrogen-bond acceptors (Lipinski definition) is 0. The first-order chi connectivity index (χ1) is 17.9. The molecular weight excluding hydrogens is 817 g/mol. The van der Waals surface area contributed by atoms with E-state index in [9.17, 15) is 0 Å². The summed E-state index contributed by atoms with van der Waals surface area (Å²) in [6, 6.07) is 35.0. The van der Waals surface area contributed by atoms with Crippen LogP contribution in [0.25, 0.3) is 0 Å². The largest absolute Gasteiger partial charge is 0.358 e. The first-order valence-corrected chi connectivity index (χ1v) is 13.8. The third kappa shape index (κ3) is 12.5. The molecule has 0 atom stereocenters. The predicted octanol–water partition coefficient (Wildman–Crippen LogP) is 10.7. The van der Waals surface area contributed by atoms with Crippen molar-refractivity contribution in [1.29, 1.82) is 0 Å². The molecule has 0 saturated carbocycles. The van der Waals surface area contributed by atoms with Crippen LogP contribution in [0.5, 0.6) is 0 Å². The minimum atomic E-state index is 0. The maximum atomic E-state index is 3.25. The third-order valence-electron chi connectivity index (χ3n) is 6.00. The van der Waals surface area contributed by atoms with Gasteiger partial charge in [0.25, 0.3) is 0 Å². The van der Waals surface area contributed by atoms with Crippen LogP contribution in [0.1, 0.15) is 93.0 Å². The summed E-state index contributed by atoms with van der Waals surface area (Å²) in [5.41, 5.74) is 11.9. The predicted molar refractivity (Wildman–Crippen MR) is 168 cm³/mol. The van der Waals surface area contributed by atoms with Gasteiger partial charge in [-0.1, -0.05) is 139 Å². The van der Waals surface area contributed by atoms with Crippen molar-refractivity contribution in [3.8, 4) is 0 Å². The maximum absolute atomic E-state index is 3.25.